The Morgan fingerprint density at radius 2 is 1.77 bits per heavy atom. The van der Waals surface area contributed by atoms with Crippen LogP contribution in [-0.2, 0) is 19.8 Å². The number of fused-ring (bicyclic) bond motifs is 3. The molecular weight excluding hydrogens is 367 g/mol. The van der Waals surface area contributed by atoms with E-state index in [1.54, 1.807) is 0 Å². The number of aromatic hydroxyl groups is 2. The van der Waals surface area contributed by atoms with E-state index in [1.807, 2.05) is 0 Å². The van der Waals surface area contributed by atoms with Crippen molar-refractivity contribution < 1.29 is 86.9 Å². The topological polar surface area (TPSA) is 118 Å². The van der Waals surface area contributed by atoms with Crippen LogP contribution >= 0.6 is 0 Å². The Labute approximate surface area is 193 Å². The molecule has 7 nitrogen and oxygen atoms in total. The minimum absolute atomic E-state index is 0. The van der Waals surface area contributed by atoms with Crippen LogP contribution in [-0.4, -0.2) is 33.3 Å². The van der Waals surface area contributed by atoms with Gasteiger partial charge in [0.25, 0.3) is 0 Å². The molecule has 3 rings (SSSR count). The second-order valence-electron chi connectivity index (χ2n) is 6.50. The summed E-state index contributed by atoms with van der Waals surface area (Å²) in [6.07, 6.45) is 1.04. The van der Waals surface area contributed by atoms with Crippen LogP contribution in [0.3, 0.4) is 0 Å². The molecule has 0 radical (unpaired) electrons. The van der Waals surface area contributed by atoms with Crippen LogP contribution in [0.15, 0.2) is 11.8 Å². The molecule has 0 saturated heterocycles. The Kier molecular flexibility index (Phi) is 5.39. The number of allylic oxidation sites excluding steroid dienone is 2. The van der Waals surface area contributed by atoms with Crippen molar-refractivity contribution in [2.24, 2.45) is 5.92 Å². The van der Waals surface area contributed by atoms with E-state index in [2.05, 4.69) is 0 Å². The van der Waals surface area contributed by atoms with Gasteiger partial charge in [-0.25, -0.2) is 0 Å². The molecule has 0 fully saturated rings. The van der Waals surface area contributed by atoms with E-state index >= 15 is 0 Å². The minimum atomic E-state index is -1.59. The van der Waals surface area contributed by atoms with Crippen LogP contribution in [0.2, 0.25) is 0 Å². The summed E-state index contributed by atoms with van der Waals surface area (Å²) < 4.78 is 5.56. The van der Waals surface area contributed by atoms with Gasteiger partial charge in [0.2, 0.25) is 0 Å². The number of carbonyl (C=O) groups excluding carboxylic acids is 4. The molecule has 132 valence electrons. The van der Waals surface area contributed by atoms with Crippen molar-refractivity contribution in [3.05, 3.63) is 28.5 Å². The molecule has 0 saturated carbocycles. The molecule has 2 aliphatic rings. The summed E-state index contributed by atoms with van der Waals surface area (Å²) in [5.41, 5.74) is -1.77. The molecule has 1 aromatic rings. The Bertz CT molecular complexity index is 934. The number of ketones is 4. The maximum absolute atomic E-state index is 13.0. The van der Waals surface area contributed by atoms with E-state index in [0.717, 1.165) is 13.0 Å². The van der Waals surface area contributed by atoms with Gasteiger partial charge in [0.15, 0.2) is 17.3 Å². The van der Waals surface area contributed by atoms with Crippen molar-refractivity contribution in [3.8, 4) is 17.2 Å². The fourth-order valence-electron chi connectivity index (χ4n) is 3.49. The van der Waals surface area contributed by atoms with E-state index in [0.29, 0.717) is 0 Å². The molecule has 0 aromatic heterocycles. The summed E-state index contributed by atoms with van der Waals surface area (Å²) >= 11 is 0. The minimum Gasteiger partial charge on any atom is -1.00 e. The summed E-state index contributed by atoms with van der Waals surface area (Å²) in [5.74, 6) is -5.15. The maximum atomic E-state index is 13.0. The van der Waals surface area contributed by atoms with Gasteiger partial charge in [0.1, 0.15) is 45.7 Å². The van der Waals surface area contributed by atoms with E-state index in [9.17, 15) is 29.4 Å². The van der Waals surface area contributed by atoms with Crippen LogP contribution in [0, 0.1) is 12.8 Å². The third kappa shape index (κ3) is 2.55. The van der Waals surface area contributed by atoms with Gasteiger partial charge >= 0.3 is 51.4 Å². The largest absolute Gasteiger partial charge is 1.00 e. The first kappa shape index (κ1) is 21.0. The van der Waals surface area contributed by atoms with Crippen molar-refractivity contribution in [1.82, 2.24) is 0 Å². The zero-order valence-electron chi connectivity index (χ0n) is 16.1. The van der Waals surface area contributed by atoms with Gasteiger partial charge in [-0.15, -0.1) is 0 Å². The van der Waals surface area contributed by atoms with Crippen LogP contribution in [0.5, 0.6) is 17.2 Å². The maximum Gasteiger partial charge on any atom is 1.00 e. The van der Waals surface area contributed by atoms with Crippen LogP contribution in [0.4, 0.5) is 0 Å². The van der Waals surface area contributed by atoms with Crippen molar-refractivity contribution in [2.45, 2.75) is 33.1 Å². The molecule has 1 aromatic carbocycles. The number of hydrogen-bond acceptors (Lipinski definition) is 7. The fourth-order valence-corrected chi connectivity index (χ4v) is 3.49. The number of ether oxygens (including phenoxy) is 1. The van der Waals surface area contributed by atoms with Gasteiger partial charge in [-0.3, -0.25) is 19.2 Å². The summed E-state index contributed by atoms with van der Waals surface area (Å²) in [4.78, 5) is 48.8. The van der Waals surface area contributed by atoms with Crippen molar-refractivity contribution in [1.29, 1.82) is 0 Å². The van der Waals surface area contributed by atoms with Crippen molar-refractivity contribution in [2.75, 3.05) is 0 Å². The standard InChI is InChI=1S/C18H16O7.K.H/c1-6-14(22)12(8(3)20)16-13(15(6)23)18(4)10(25-16)5-9(21)11(7(2)19)17(18)24;;/h5,11,22-23H,1-4H3;;/q;+1;-1. The van der Waals surface area contributed by atoms with Gasteiger partial charge < -0.3 is 16.4 Å². The molecule has 2 atom stereocenters. The Balaban J connectivity index is 0.00000182. The first-order chi connectivity index (χ1) is 11.5. The smallest absolute Gasteiger partial charge is 1.00 e. The number of rotatable bonds is 2. The average Bonchev–Trinajstić information content (AvgIpc) is 2.78. The molecule has 2 unspecified atom stereocenters. The Morgan fingerprint density at radius 3 is 2.27 bits per heavy atom. The number of hydrogen-bond donors (Lipinski definition) is 2. The molecule has 8 heteroatoms. The van der Waals surface area contributed by atoms with Crippen LogP contribution in [0.25, 0.3) is 0 Å². The summed E-state index contributed by atoms with van der Waals surface area (Å²) in [6, 6.07) is 0. The van der Waals surface area contributed by atoms with E-state index < -0.39 is 46.0 Å². The first-order valence-electron chi connectivity index (χ1n) is 7.62. The molecular formula is C18H17KO7. The predicted molar refractivity (Wildman–Crippen MR) is 85.9 cm³/mol. The van der Waals surface area contributed by atoms with E-state index in [4.69, 9.17) is 4.74 Å². The van der Waals surface area contributed by atoms with Gasteiger partial charge in [-0.2, -0.15) is 0 Å². The quantitative estimate of drug-likeness (QED) is 0.366. The zero-order valence-corrected chi connectivity index (χ0v) is 18.2. The summed E-state index contributed by atoms with van der Waals surface area (Å²) in [7, 11) is 0. The molecule has 1 aliphatic heterocycles. The zero-order chi connectivity index (χ0) is 18.8. The van der Waals surface area contributed by atoms with Gasteiger partial charge in [-0.05, 0) is 27.7 Å². The number of benzene rings is 1. The second kappa shape index (κ2) is 6.68. The molecule has 1 heterocycles. The molecule has 2 N–H and O–H groups in total. The number of phenols is 2. The molecule has 0 amide bonds. The van der Waals surface area contributed by atoms with E-state index in [1.165, 1.54) is 20.8 Å². The summed E-state index contributed by atoms with van der Waals surface area (Å²) in [6.45, 7) is 5.17. The third-order valence-corrected chi connectivity index (χ3v) is 4.91. The van der Waals surface area contributed by atoms with Crippen molar-refractivity contribution >= 4 is 23.1 Å². The number of phenolic OH excluding ortho intramolecular Hbond substituents is 2. The Hall–Kier alpha value is -1.32. The normalized spacial score (nSPS) is 23.4. The molecule has 0 bridgehead atoms. The fraction of sp³-hybridized carbons (Fsp3) is 0.333. The van der Waals surface area contributed by atoms with Crippen molar-refractivity contribution in [3.63, 3.8) is 0 Å². The average molecular weight is 384 g/mol. The molecule has 26 heavy (non-hydrogen) atoms. The SMILES string of the molecule is CC(=O)c1c(O)c(C)c(O)c2c1OC1=CC(=O)C(C(C)=O)C(=O)C12C.[H-].[K+]. The second-order valence-corrected chi connectivity index (χ2v) is 6.50. The first-order valence-corrected chi connectivity index (χ1v) is 7.62. The number of carbonyl (C=O) groups is 4. The summed E-state index contributed by atoms with van der Waals surface area (Å²) in [5, 5.41) is 20.7. The van der Waals surface area contributed by atoms with Crippen LogP contribution in [0.1, 0.15) is 43.7 Å². The molecule has 0 spiro atoms. The Morgan fingerprint density at radius 1 is 1.19 bits per heavy atom. The molecule has 1 aliphatic carbocycles. The van der Waals surface area contributed by atoms with Gasteiger partial charge in [0.05, 0.1) is 5.56 Å². The monoisotopic (exact) mass is 384 g/mol. The van der Waals surface area contributed by atoms with Gasteiger partial charge in [0, 0.05) is 11.6 Å². The van der Waals surface area contributed by atoms with E-state index in [-0.39, 0.29) is 81.0 Å². The predicted octanol–water partition coefficient (Wildman–Crippen LogP) is -1.38. The van der Waals surface area contributed by atoms with Gasteiger partial charge in [-0.1, -0.05) is 0 Å². The van der Waals surface area contributed by atoms with Crippen LogP contribution < -0.4 is 56.1 Å². The third-order valence-electron chi connectivity index (χ3n) is 4.91. The number of Topliss-reactive ketones (excluding diaryl/α,β-unsaturated/α-hetero) is 3.